The van der Waals surface area contributed by atoms with Gasteiger partial charge in [0.05, 0.1) is 25.3 Å². The normalized spacial score (nSPS) is 10.8. The van der Waals surface area contributed by atoms with E-state index in [4.69, 9.17) is 15.2 Å². The van der Waals surface area contributed by atoms with Gasteiger partial charge in [-0.1, -0.05) is 19.1 Å². The summed E-state index contributed by atoms with van der Waals surface area (Å²) in [5.74, 6) is -1.82. The molecule has 4 aromatic carbocycles. The van der Waals surface area contributed by atoms with Crippen LogP contribution in [0, 0.1) is 5.82 Å². The predicted octanol–water partition coefficient (Wildman–Crippen LogP) is 8.47. The first-order chi connectivity index (χ1) is 23.1. The first kappa shape index (κ1) is 39.9. The summed E-state index contributed by atoms with van der Waals surface area (Å²) < 4.78 is 101. The summed E-state index contributed by atoms with van der Waals surface area (Å²) in [7, 11) is 2.92. The first-order valence-electron chi connectivity index (χ1n) is 14.5. The summed E-state index contributed by atoms with van der Waals surface area (Å²) in [5.41, 5.74) is 2.85. The minimum atomic E-state index is -4.86. The van der Waals surface area contributed by atoms with Crippen molar-refractivity contribution in [3.63, 3.8) is 0 Å². The third-order valence-corrected chi connectivity index (χ3v) is 6.14. The van der Waals surface area contributed by atoms with E-state index in [1.165, 1.54) is 32.4 Å². The van der Waals surface area contributed by atoms with Gasteiger partial charge >= 0.3 is 12.4 Å². The average Bonchev–Trinajstić information content (AvgIpc) is 3.05. The van der Waals surface area contributed by atoms with Crippen LogP contribution in [0.2, 0.25) is 0 Å². The summed E-state index contributed by atoms with van der Waals surface area (Å²) in [6.45, 7) is 4.70. The van der Waals surface area contributed by atoms with Gasteiger partial charge in [-0.15, -0.1) is 0 Å². The molecule has 4 aromatic rings. The summed E-state index contributed by atoms with van der Waals surface area (Å²) >= 11 is 0. The summed E-state index contributed by atoms with van der Waals surface area (Å²) in [5, 5.41) is 7.62. The molecule has 8 nitrogen and oxygen atoms in total. The number of carbonyl (C=O) groups excluding carboxylic acids is 2. The van der Waals surface area contributed by atoms with Gasteiger partial charge in [-0.3, -0.25) is 9.59 Å². The molecule has 0 aliphatic heterocycles. The van der Waals surface area contributed by atoms with Crippen molar-refractivity contribution in [1.29, 1.82) is 0 Å². The van der Waals surface area contributed by atoms with Gasteiger partial charge < -0.3 is 31.2 Å². The van der Waals surface area contributed by atoms with Crippen LogP contribution in [0.5, 0.6) is 11.5 Å². The number of alkyl halides is 6. The van der Waals surface area contributed by atoms with Crippen molar-refractivity contribution in [2.75, 3.05) is 43.3 Å². The van der Waals surface area contributed by atoms with Gasteiger partial charge in [0.1, 0.15) is 17.3 Å². The molecule has 0 spiro atoms. The smallest absolute Gasteiger partial charge is 0.419 e. The molecule has 49 heavy (non-hydrogen) atoms. The van der Waals surface area contributed by atoms with Crippen molar-refractivity contribution in [1.82, 2.24) is 0 Å². The number of halogens is 7. The molecule has 0 atom stereocenters. The molecule has 0 bridgehead atoms. The lowest BCUT2D eigenvalue weighted by molar-refractivity contribution is -0.140. The molecule has 0 unspecified atom stereocenters. The monoisotopic (exact) mass is 696 g/mol. The number of hydrogen-bond donors (Lipinski definition) is 4. The van der Waals surface area contributed by atoms with E-state index in [0.717, 1.165) is 18.7 Å². The topological polar surface area (TPSA) is 115 Å². The first-order valence-corrected chi connectivity index (χ1v) is 14.5. The second kappa shape index (κ2) is 18.3. The van der Waals surface area contributed by atoms with Crippen molar-refractivity contribution in [2.24, 2.45) is 5.73 Å². The molecule has 2 amide bonds. The van der Waals surface area contributed by atoms with Crippen LogP contribution < -0.4 is 31.2 Å². The molecule has 0 saturated carbocycles. The molecule has 0 aromatic heterocycles. The second-order valence-electron chi connectivity index (χ2n) is 9.76. The SMILES string of the molecule is CCN.CCNc1ccc(C(=O)Nc2cccc(OC)c2)cc1C(F)(F)F.COc1cccc(NC(=O)c2ccc(F)c(C(F)(F)F)c2)c1. The lowest BCUT2D eigenvalue weighted by atomic mass is 10.1. The Balaban J connectivity index is 0.000000316. The zero-order valence-electron chi connectivity index (χ0n) is 26.9. The number of rotatable bonds is 8. The predicted molar refractivity (Wildman–Crippen MR) is 174 cm³/mol. The molecular formula is C34H35F7N4O4. The molecular weight excluding hydrogens is 661 g/mol. The van der Waals surface area contributed by atoms with Gasteiger partial charge in [0, 0.05) is 46.9 Å². The van der Waals surface area contributed by atoms with Crippen LogP contribution in [0.4, 0.5) is 47.8 Å². The van der Waals surface area contributed by atoms with E-state index in [0.29, 0.717) is 41.6 Å². The summed E-state index contributed by atoms with van der Waals surface area (Å²) in [4.78, 5) is 24.2. The molecule has 0 radical (unpaired) electrons. The number of hydrogen-bond acceptors (Lipinski definition) is 6. The van der Waals surface area contributed by atoms with Crippen LogP contribution in [0.3, 0.4) is 0 Å². The minimum absolute atomic E-state index is 0.0528. The fourth-order valence-electron chi connectivity index (χ4n) is 3.96. The quantitative estimate of drug-likeness (QED) is 0.138. The number of methoxy groups -OCH3 is 2. The standard InChI is InChI=1S/C17H17F3N2O2.C15H11F4NO2.C2H7N/c1-3-21-15-8-7-11(9-14(15)17(18,19)20)16(23)22-12-5-4-6-13(10-12)24-2;1-22-11-4-2-3-10(8-11)20-14(21)9-5-6-13(16)12(7-9)15(17,18)19;1-2-3/h4-10,21H,3H2,1-2H3,(H,22,23);2-8H,1H3,(H,20,21);2-3H2,1H3. The molecule has 15 heteroatoms. The minimum Gasteiger partial charge on any atom is -0.497 e. The Morgan fingerprint density at radius 3 is 1.51 bits per heavy atom. The lowest BCUT2D eigenvalue weighted by Crippen LogP contribution is -2.16. The maximum atomic E-state index is 13.2. The molecule has 0 saturated heterocycles. The molecule has 0 fully saturated rings. The van der Waals surface area contributed by atoms with Gasteiger partial charge in [0.2, 0.25) is 0 Å². The fraction of sp³-hybridized carbons (Fsp3) is 0.235. The highest BCUT2D eigenvalue weighted by Crippen LogP contribution is 2.36. The Morgan fingerprint density at radius 1 is 0.673 bits per heavy atom. The average molecular weight is 697 g/mol. The van der Waals surface area contributed by atoms with Crippen LogP contribution in [-0.2, 0) is 12.4 Å². The van der Waals surface area contributed by atoms with Crippen molar-refractivity contribution < 1.29 is 49.8 Å². The molecule has 0 aliphatic carbocycles. The number of benzene rings is 4. The van der Waals surface area contributed by atoms with E-state index in [9.17, 15) is 40.3 Å². The van der Waals surface area contributed by atoms with Crippen LogP contribution in [-0.4, -0.2) is 39.1 Å². The van der Waals surface area contributed by atoms with Gasteiger partial charge in [-0.05, 0) is 74.1 Å². The maximum absolute atomic E-state index is 13.2. The number of ether oxygens (including phenoxy) is 2. The third kappa shape index (κ3) is 12.3. The van der Waals surface area contributed by atoms with Gasteiger partial charge in [0.25, 0.3) is 11.8 Å². The van der Waals surface area contributed by atoms with Crippen molar-refractivity contribution in [3.05, 3.63) is 113 Å². The Labute approximate surface area is 278 Å². The van der Waals surface area contributed by atoms with E-state index >= 15 is 0 Å². The highest BCUT2D eigenvalue weighted by Gasteiger charge is 2.35. The molecule has 0 heterocycles. The van der Waals surface area contributed by atoms with Crippen LogP contribution in [0.25, 0.3) is 0 Å². The number of nitrogens with two attached hydrogens (primary N) is 1. The molecule has 5 N–H and O–H groups in total. The highest BCUT2D eigenvalue weighted by atomic mass is 19.4. The third-order valence-electron chi connectivity index (χ3n) is 6.14. The van der Waals surface area contributed by atoms with E-state index in [-0.39, 0.29) is 16.8 Å². The summed E-state index contributed by atoms with van der Waals surface area (Å²) in [6, 6.07) is 18.4. The van der Waals surface area contributed by atoms with E-state index in [1.54, 1.807) is 49.4 Å². The molecule has 0 aliphatic rings. The molecule has 264 valence electrons. The second-order valence-corrected chi connectivity index (χ2v) is 9.76. The van der Waals surface area contributed by atoms with Gasteiger partial charge in [-0.2, -0.15) is 26.3 Å². The van der Waals surface area contributed by atoms with Crippen molar-refractivity contribution in [2.45, 2.75) is 26.2 Å². The Bertz CT molecular complexity index is 1700. The van der Waals surface area contributed by atoms with Crippen molar-refractivity contribution in [3.8, 4) is 11.5 Å². The number of carbonyl (C=O) groups is 2. The van der Waals surface area contributed by atoms with Gasteiger partial charge in [0.15, 0.2) is 0 Å². The van der Waals surface area contributed by atoms with E-state index < -0.39 is 41.1 Å². The fourth-order valence-corrected chi connectivity index (χ4v) is 3.96. The Morgan fingerprint density at radius 2 is 1.10 bits per heavy atom. The summed E-state index contributed by atoms with van der Waals surface area (Å²) in [6.07, 6.45) is -9.42. The van der Waals surface area contributed by atoms with Crippen LogP contribution >= 0.6 is 0 Å². The zero-order chi connectivity index (χ0) is 36.8. The Kier molecular flexibility index (Phi) is 14.9. The largest absolute Gasteiger partial charge is 0.497 e. The number of amides is 2. The highest BCUT2D eigenvalue weighted by molar-refractivity contribution is 6.05. The maximum Gasteiger partial charge on any atom is 0.419 e. The molecule has 4 rings (SSSR count). The van der Waals surface area contributed by atoms with E-state index in [1.807, 2.05) is 6.92 Å². The van der Waals surface area contributed by atoms with Crippen LogP contribution in [0.15, 0.2) is 84.9 Å². The number of anilines is 3. The van der Waals surface area contributed by atoms with Crippen LogP contribution in [0.1, 0.15) is 45.7 Å². The van der Waals surface area contributed by atoms with E-state index in [2.05, 4.69) is 16.0 Å². The number of nitrogens with one attached hydrogen (secondary N) is 3. The lowest BCUT2D eigenvalue weighted by Gasteiger charge is -2.15. The zero-order valence-corrected chi connectivity index (χ0v) is 26.9. The van der Waals surface area contributed by atoms with Crippen molar-refractivity contribution >= 4 is 28.9 Å². The van der Waals surface area contributed by atoms with Gasteiger partial charge in [-0.25, -0.2) is 4.39 Å². The Hall–Kier alpha value is -5.31.